The lowest BCUT2D eigenvalue weighted by atomic mass is 9.96. The first-order chi connectivity index (χ1) is 11.7. The molecule has 2 amide bonds. The van der Waals surface area contributed by atoms with Crippen molar-refractivity contribution < 1.29 is 9.59 Å². The van der Waals surface area contributed by atoms with E-state index in [-0.39, 0.29) is 24.4 Å². The minimum atomic E-state index is 0. The largest absolute Gasteiger partial charge is 0.385 e. The number of halogens is 1. The first kappa shape index (κ1) is 18.1. The van der Waals surface area contributed by atoms with Gasteiger partial charge >= 0.3 is 0 Å². The molecule has 0 bridgehead atoms. The Morgan fingerprint density at radius 2 is 1.88 bits per heavy atom. The van der Waals surface area contributed by atoms with E-state index in [1.165, 1.54) is 0 Å². The number of hydrogen-bond acceptors (Lipinski definition) is 3. The summed E-state index contributed by atoms with van der Waals surface area (Å²) in [5, 5.41) is 6.56. The molecule has 6 heteroatoms. The van der Waals surface area contributed by atoms with E-state index in [2.05, 4.69) is 10.6 Å². The predicted molar refractivity (Wildman–Crippen MR) is 100 cm³/mol. The molecule has 136 valence electrons. The topological polar surface area (TPSA) is 61.4 Å². The summed E-state index contributed by atoms with van der Waals surface area (Å²) in [6.45, 7) is 2.52. The molecule has 0 unspecified atom stereocenters. The van der Waals surface area contributed by atoms with Crippen LogP contribution in [0.3, 0.4) is 0 Å². The number of nitrogens with one attached hydrogen (secondary N) is 2. The summed E-state index contributed by atoms with van der Waals surface area (Å²) in [5.74, 6) is 0.644. The van der Waals surface area contributed by atoms with Gasteiger partial charge in [-0.2, -0.15) is 0 Å². The molecule has 0 atom stereocenters. The Morgan fingerprint density at radius 3 is 2.60 bits per heavy atom. The number of amides is 2. The molecule has 25 heavy (non-hydrogen) atoms. The summed E-state index contributed by atoms with van der Waals surface area (Å²) in [4.78, 5) is 26.8. The molecule has 2 heterocycles. The fraction of sp³-hybridized carbons (Fsp3) is 0.579. The maximum atomic E-state index is 12.7. The molecule has 0 aromatic heterocycles. The average molecular weight is 364 g/mol. The van der Waals surface area contributed by atoms with Gasteiger partial charge in [-0.3, -0.25) is 9.59 Å². The van der Waals surface area contributed by atoms with Crippen molar-refractivity contribution in [3.8, 4) is 0 Å². The van der Waals surface area contributed by atoms with E-state index in [0.717, 1.165) is 75.0 Å². The molecule has 2 fully saturated rings. The number of hydrogen-bond donors (Lipinski definition) is 2. The molecular formula is C19H26ClN3O2. The molecule has 1 aromatic rings. The Bertz CT molecular complexity index is 652. The molecular weight excluding hydrogens is 338 g/mol. The van der Waals surface area contributed by atoms with E-state index in [9.17, 15) is 9.59 Å². The third kappa shape index (κ3) is 3.92. The van der Waals surface area contributed by atoms with Gasteiger partial charge in [0.2, 0.25) is 5.91 Å². The number of benzene rings is 1. The Morgan fingerprint density at radius 1 is 1.12 bits per heavy atom. The lowest BCUT2D eigenvalue weighted by Crippen LogP contribution is -2.47. The van der Waals surface area contributed by atoms with Crippen molar-refractivity contribution in [2.24, 2.45) is 5.92 Å². The number of anilines is 1. The fourth-order valence-electron chi connectivity index (χ4n) is 3.82. The SMILES string of the molecule is Cl.O=C(NC1CCN(C(=O)C2CC2)CC1)c1cccc2c1CCCN2. The van der Waals surface area contributed by atoms with Crippen molar-refractivity contribution in [1.82, 2.24) is 10.2 Å². The minimum absolute atomic E-state index is 0. The second-order valence-corrected chi connectivity index (χ2v) is 7.21. The molecule has 3 aliphatic rings. The minimum Gasteiger partial charge on any atom is -0.385 e. The van der Waals surface area contributed by atoms with Crippen LogP contribution in [0.15, 0.2) is 18.2 Å². The number of carbonyl (C=O) groups excluding carboxylic acids is 2. The van der Waals surface area contributed by atoms with E-state index in [0.29, 0.717) is 11.8 Å². The van der Waals surface area contributed by atoms with E-state index in [1.54, 1.807) is 0 Å². The van der Waals surface area contributed by atoms with Crippen LogP contribution in [0.5, 0.6) is 0 Å². The number of piperidine rings is 1. The maximum absolute atomic E-state index is 12.7. The molecule has 2 aliphatic heterocycles. The quantitative estimate of drug-likeness (QED) is 0.867. The smallest absolute Gasteiger partial charge is 0.251 e. The Hall–Kier alpha value is -1.75. The lowest BCUT2D eigenvalue weighted by Gasteiger charge is -2.32. The van der Waals surface area contributed by atoms with Crippen LogP contribution in [-0.4, -0.2) is 42.4 Å². The summed E-state index contributed by atoms with van der Waals surface area (Å²) < 4.78 is 0. The zero-order chi connectivity index (χ0) is 16.5. The van der Waals surface area contributed by atoms with Gasteiger partial charge in [0.1, 0.15) is 0 Å². The van der Waals surface area contributed by atoms with Crippen molar-refractivity contribution >= 4 is 29.9 Å². The first-order valence-electron chi connectivity index (χ1n) is 9.18. The van der Waals surface area contributed by atoms with Gasteiger partial charge < -0.3 is 15.5 Å². The van der Waals surface area contributed by atoms with Gasteiger partial charge in [-0.15, -0.1) is 12.4 Å². The van der Waals surface area contributed by atoms with Crippen LogP contribution in [0.1, 0.15) is 48.0 Å². The highest BCUT2D eigenvalue weighted by Gasteiger charge is 2.35. The molecule has 1 saturated heterocycles. The summed E-state index contributed by atoms with van der Waals surface area (Å²) >= 11 is 0. The van der Waals surface area contributed by atoms with E-state index in [1.807, 2.05) is 23.1 Å². The van der Waals surface area contributed by atoms with Crippen LogP contribution >= 0.6 is 12.4 Å². The summed E-state index contributed by atoms with van der Waals surface area (Å²) in [7, 11) is 0. The Labute approximate surface area is 154 Å². The molecule has 4 rings (SSSR count). The molecule has 5 nitrogen and oxygen atoms in total. The van der Waals surface area contributed by atoms with Gasteiger partial charge in [0.05, 0.1) is 0 Å². The number of rotatable bonds is 3. The third-order valence-electron chi connectivity index (χ3n) is 5.41. The molecule has 1 aliphatic carbocycles. The van der Waals surface area contributed by atoms with Gasteiger partial charge in [0, 0.05) is 42.8 Å². The monoisotopic (exact) mass is 363 g/mol. The third-order valence-corrected chi connectivity index (χ3v) is 5.41. The van der Waals surface area contributed by atoms with Crippen LogP contribution in [0.4, 0.5) is 5.69 Å². The van der Waals surface area contributed by atoms with Crippen LogP contribution in [0.25, 0.3) is 0 Å². The lowest BCUT2D eigenvalue weighted by molar-refractivity contribution is -0.133. The number of nitrogens with zero attached hydrogens (tertiary/aromatic N) is 1. The highest BCUT2D eigenvalue weighted by molar-refractivity contribution is 5.97. The normalized spacial score (nSPS) is 20.1. The van der Waals surface area contributed by atoms with Crippen LogP contribution in [-0.2, 0) is 11.2 Å². The number of carbonyl (C=O) groups is 2. The van der Waals surface area contributed by atoms with Crippen molar-refractivity contribution in [3.05, 3.63) is 29.3 Å². The van der Waals surface area contributed by atoms with Crippen molar-refractivity contribution in [2.75, 3.05) is 25.0 Å². The number of likely N-dealkylation sites (tertiary alicyclic amines) is 1. The Balaban J connectivity index is 0.00000182. The fourth-order valence-corrected chi connectivity index (χ4v) is 3.82. The van der Waals surface area contributed by atoms with E-state index >= 15 is 0 Å². The van der Waals surface area contributed by atoms with Gasteiger partial charge in [-0.05, 0) is 56.2 Å². The van der Waals surface area contributed by atoms with Crippen molar-refractivity contribution in [3.63, 3.8) is 0 Å². The second kappa shape index (κ2) is 7.65. The number of fused-ring (bicyclic) bond motifs is 1. The van der Waals surface area contributed by atoms with Crippen molar-refractivity contribution in [1.29, 1.82) is 0 Å². The van der Waals surface area contributed by atoms with E-state index < -0.39 is 0 Å². The predicted octanol–water partition coefficient (Wildman–Crippen LogP) is 2.60. The van der Waals surface area contributed by atoms with Gasteiger partial charge in [-0.1, -0.05) is 6.07 Å². The van der Waals surface area contributed by atoms with Crippen LogP contribution < -0.4 is 10.6 Å². The maximum Gasteiger partial charge on any atom is 0.251 e. The van der Waals surface area contributed by atoms with Crippen LogP contribution in [0.2, 0.25) is 0 Å². The average Bonchev–Trinajstić information content (AvgIpc) is 3.46. The first-order valence-corrected chi connectivity index (χ1v) is 9.18. The van der Waals surface area contributed by atoms with E-state index in [4.69, 9.17) is 0 Å². The van der Waals surface area contributed by atoms with Gasteiger partial charge in [0.25, 0.3) is 5.91 Å². The molecule has 2 N–H and O–H groups in total. The van der Waals surface area contributed by atoms with Gasteiger partial charge in [-0.25, -0.2) is 0 Å². The zero-order valence-electron chi connectivity index (χ0n) is 14.4. The second-order valence-electron chi connectivity index (χ2n) is 7.21. The Kier molecular flexibility index (Phi) is 5.52. The summed E-state index contributed by atoms with van der Waals surface area (Å²) in [6, 6.07) is 6.09. The molecule has 0 radical (unpaired) electrons. The van der Waals surface area contributed by atoms with Gasteiger partial charge in [0.15, 0.2) is 0 Å². The summed E-state index contributed by atoms with van der Waals surface area (Å²) in [6.07, 6.45) is 5.86. The molecule has 1 saturated carbocycles. The van der Waals surface area contributed by atoms with Crippen LogP contribution in [0, 0.1) is 5.92 Å². The standard InChI is InChI=1S/C19H25N3O2.ClH/c23-18(16-3-1-5-17-15(16)4-2-10-20-17)21-14-8-11-22(12-9-14)19(24)13-6-7-13;/h1,3,5,13-14,20H,2,4,6-12H2,(H,21,23);1H. The molecule has 0 spiro atoms. The molecule has 1 aromatic carbocycles. The van der Waals surface area contributed by atoms with Crippen molar-refractivity contribution in [2.45, 2.75) is 44.6 Å². The highest BCUT2D eigenvalue weighted by Crippen LogP contribution is 2.32. The zero-order valence-corrected chi connectivity index (χ0v) is 15.2. The highest BCUT2D eigenvalue weighted by atomic mass is 35.5. The summed E-state index contributed by atoms with van der Waals surface area (Å²) in [5.41, 5.74) is 3.04.